The van der Waals surface area contributed by atoms with E-state index in [2.05, 4.69) is 0 Å². The molecule has 1 fully saturated rings. The van der Waals surface area contributed by atoms with Gasteiger partial charge in [0.05, 0.1) is 12.7 Å². The number of nitrogens with two attached hydrogens (primary N) is 1. The highest BCUT2D eigenvalue weighted by Gasteiger charge is 2.42. The summed E-state index contributed by atoms with van der Waals surface area (Å²) >= 11 is 0. The number of ether oxygens (including phenoxy) is 1. The van der Waals surface area contributed by atoms with E-state index in [1.54, 1.807) is 0 Å². The van der Waals surface area contributed by atoms with E-state index >= 15 is 0 Å². The monoisotopic (exact) mass is 193 g/mol. The third-order valence-electron chi connectivity index (χ3n) is 2.22. The predicted molar refractivity (Wildman–Crippen MR) is 42.8 cm³/mol. The summed E-state index contributed by atoms with van der Waals surface area (Å²) < 4.78 is 5.04. The van der Waals surface area contributed by atoms with Gasteiger partial charge in [0.25, 0.3) is 0 Å². The summed E-state index contributed by atoms with van der Waals surface area (Å²) in [6.45, 7) is -0.386. The van der Waals surface area contributed by atoms with E-state index in [1.165, 1.54) is 0 Å². The highest BCUT2D eigenvalue weighted by Crippen LogP contribution is 2.20. The molecule has 5 atom stereocenters. The Balaban J connectivity index is 2.66. The average Bonchev–Trinajstić information content (AvgIpc) is 2.15. The lowest BCUT2D eigenvalue weighted by Crippen LogP contribution is -2.60. The number of rotatable bonds is 2. The molecule has 0 amide bonds. The molecular weight excluding hydrogens is 178 g/mol. The van der Waals surface area contributed by atoms with Crippen LogP contribution in [0.2, 0.25) is 0 Å². The summed E-state index contributed by atoms with van der Waals surface area (Å²) in [5.41, 5.74) is 5.26. The molecule has 0 bridgehead atoms. The Hall–Kier alpha value is -0.240. The Morgan fingerprint density at radius 2 is 1.54 bits per heavy atom. The summed E-state index contributed by atoms with van der Waals surface area (Å²) in [7, 11) is 0. The molecule has 6 heteroatoms. The van der Waals surface area contributed by atoms with Crippen molar-refractivity contribution >= 4 is 0 Å². The Morgan fingerprint density at radius 3 is 2.00 bits per heavy atom. The van der Waals surface area contributed by atoms with Gasteiger partial charge in [-0.1, -0.05) is 0 Å². The maximum atomic E-state index is 9.32. The fourth-order valence-electron chi connectivity index (χ4n) is 1.37. The van der Waals surface area contributed by atoms with Crippen LogP contribution in [-0.4, -0.2) is 64.1 Å². The van der Waals surface area contributed by atoms with Crippen LogP contribution in [0.5, 0.6) is 0 Å². The Labute approximate surface area is 75.6 Å². The summed E-state index contributed by atoms with van der Waals surface area (Å²) in [5.74, 6) is 0. The minimum Gasteiger partial charge on any atom is -0.394 e. The normalized spacial score (nSPS) is 46.4. The molecule has 1 heterocycles. The number of aliphatic hydroxyl groups excluding tert-OH is 4. The van der Waals surface area contributed by atoms with Crippen LogP contribution >= 0.6 is 0 Å². The number of hydrogen-bond acceptors (Lipinski definition) is 6. The highest BCUT2D eigenvalue weighted by molar-refractivity contribution is 4.92. The molecule has 6 N–H and O–H groups in total. The second-order valence-corrected chi connectivity index (χ2v) is 3.10. The molecule has 6 nitrogen and oxygen atoms in total. The van der Waals surface area contributed by atoms with Crippen molar-refractivity contribution < 1.29 is 25.2 Å². The van der Waals surface area contributed by atoms with Crippen LogP contribution in [0.4, 0.5) is 0 Å². The fraction of sp³-hybridized carbons (Fsp3) is 1.00. The van der Waals surface area contributed by atoms with Gasteiger partial charge in [-0.3, -0.25) is 0 Å². The van der Waals surface area contributed by atoms with Crippen LogP contribution in [0.1, 0.15) is 0 Å². The van der Waals surface area contributed by atoms with Gasteiger partial charge in [0.15, 0.2) is 0 Å². The molecule has 4 unspecified atom stereocenters. The van der Waals surface area contributed by atoms with Crippen LogP contribution in [0.25, 0.3) is 0 Å². The zero-order chi connectivity index (χ0) is 10.0. The predicted octanol–water partition coefficient (Wildman–Crippen LogP) is -3.21. The molecule has 0 aromatic carbocycles. The van der Waals surface area contributed by atoms with Crippen LogP contribution in [-0.2, 0) is 4.74 Å². The topological polar surface area (TPSA) is 116 Å². The summed E-state index contributed by atoms with van der Waals surface area (Å²) in [4.78, 5) is 0. The first-order valence-corrected chi connectivity index (χ1v) is 4.12. The smallest absolute Gasteiger partial charge is 0.111 e. The molecule has 1 saturated heterocycles. The minimum atomic E-state index is -1.32. The molecule has 78 valence electrons. The second kappa shape index (κ2) is 4.32. The van der Waals surface area contributed by atoms with Gasteiger partial charge in [0.1, 0.15) is 24.4 Å². The lowest BCUT2D eigenvalue weighted by molar-refractivity contribution is -0.226. The molecule has 1 aliphatic rings. The van der Waals surface area contributed by atoms with E-state index in [9.17, 15) is 15.3 Å². The van der Waals surface area contributed by atoms with Gasteiger partial charge in [0.2, 0.25) is 0 Å². The third kappa shape index (κ3) is 1.98. The first kappa shape index (κ1) is 10.8. The highest BCUT2D eigenvalue weighted by atomic mass is 16.5. The molecule has 1 rings (SSSR count). The number of aliphatic hydroxyl groups is 4. The Bertz CT molecular complexity index is 147. The van der Waals surface area contributed by atoms with Crippen LogP contribution < -0.4 is 5.73 Å². The van der Waals surface area contributed by atoms with Crippen molar-refractivity contribution in [2.75, 3.05) is 13.2 Å². The zero-order valence-electron chi connectivity index (χ0n) is 7.08. The van der Waals surface area contributed by atoms with Gasteiger partial charge >= 0.3 is 0 Å². The second-order valence-electron chi connectivity index (χ2n) is 3.10. The molecule has 0 saturated carbocycles. The summed E-state index contributed by atoms with van der Waals surface area (Å²) in [6.07, 6.45) is -5.42. The molecule has 0 spiro atoms. The first-order valence-electron chi connectivity index (χ1n) is 4.12. The van der Waals surface area contributed by atoms with Gasteiger partial charge in [-0.2, -0.15) is 0 Å². The van der Waals surface area contributed by atoms with Gasteiger partial charge in [-0.15, -0.1) is 0 Å². The maximum absolute atomic E-state index is 9.32. The van der Waals surface area contributed by atoms with Crippen LogP contribution in [0, 0.1) is 0 Å². The lowest BCUT2D eigenvalue weighted by Gasteiger charge is -2.39. The van der Waals surface area contributed by atoms with E-state index in [-0.39, 0.29) is 6.54 Å². The largest absolute Gasteiger partial charge is 0.394 e. The van der Waals surface area contributed by atoms with E-state index in [4.69, 9.17) is 15.6 Å². The van der Waals surface area contributed by atoms with Crippen molar-refractivity contribution in [3.05, 3.63) is 0 Å². The molecule has 0 radical (unpaired) electrons. The SMILES string of the molecule is NC[C@@H]1OC(CO)C(O)C(O)C1O. The van der Waals surface area contributed by atoms with Gasteiger partial charge < -0.3 is 30.9 Å². The van der Waals surface area contributed by atoms with Gasteiger partial charge in [-0.25, -0.2) is 0 Å². The Morgan fingerprint density at radius 1 is 1.00 bits per heavy atom. The van der Waals surface area contributed by atoms with E-state index in [1.807, 2.05) is 0 Å². The van der Waals surface area contributed by atoms with E-state index < -0.39 is 37.1 Å². The van der Waals surface area contributed by atoms with Crippen LogP contribution in [0.15, 0.2) is 0 Å². The van der Waals surface area contributed by atoms with Crippen molar-refractivity contribution in [1.82, 2.24) is 0 Å². The molecule has 0 aromatic rings. The van der Waals surface area contributed by atoms with Crippen molar-refractivity contribution in [2.45, 2.75) is 30.5 Å². The molecule has 0 aliphatic carbocycles. The van der Waals surface area contributed by atoms with Crippen molar-refractivity contribution in [2.24, 2.45) is 5.73 Å². The van der Waals surface area contributed by atoms with E-state index in [0.29, 0.717) is 0 Å². The molecule has 1 aliphatic heterocycles. The van der Waals surface area contributed by atoms with Crippen molar-refractivity contribution in [3.8, 4) is 0 Å². The van der Waals surface area contributed by atoms with Gasteiger partial charge in [-0.05, 0) is 0 Å². The summed E-state index contributed by atoms with van der Waals surface area (Å²) in [5, 5.41) is 36.7. The standard InChI is InChI=1S/C7H15NO5/c8-1-3-5(10)7(12)6(11)4(2-9)13-3/h3-7,9-12H,1-2,8H2/t3-,4?,5?,6?,7?/m0/s1. The quantitative estimate of drug-likeness (QED) is 0.315. The Kier molecular flexibility index (Phi) is 3.60. The average molecular weight is 193 g/mol. The van der Waals surface area contributed by atoms with Crippen LogP contribution in [0.3, 0.4) is 0 Å². The van der Waals surface area contributed by atoms with Gasteiger partial charge in [0, 0.05) is 6.54 Å². The minimum absolute atomic E-state index is 0.0292. The van der Waals surface area contributed by atoms with E-state index in [0.717, 1.165) is 0 Å². The molecule has 13 heavy (non-hydrogen) atoms. The summed E-state index contributed by atoms with van der Waals surface area (Å²) in [6, 6.07) is 0. The number of hydrogen-bond donors (Lipinski definition) is 5. The lowest BCUT2D eigenvalue weighted by atomic mass is 9.95. The molecule has 0 aromatic heterocycles. The third-order valence-corrected chi connectivity index (χ3v) is 2.22. The zero-order valence-corrected chi connectivity index (χ0v) is 7.08. The van der Waals surface area contributed by atoms with Crippen molar-refractivity contribution in [1.29, 1.82) is 0 Å². The fourth-order valence-corrected chi connectivity index (χ4v) is 1.37. The van der Waals surface area contributed by atoms with Crippen molar-refractivity contribution in [3.63, 3.8) is 0 Å². The first-order chi connectivity index (χ1) is 6.11. The molecular formula is C7H15NO5. The maximum Gasteiger partial charge on any atom is 0.111 e.